The lowest BCUT2D eigenvalue weighted by Crippen LogP contribution is -2.09. The lowest BCUT2D eigenvalue weighted by molar-refractivity contribution is 1.19. The molecule has 67 heavy (non-hydrogen) atoms. The van der Waals surface area contributed by atoms with Gasteiger partial charge in [0.05, 0.1) is 11.0 Å². The third kappa shape index (κ3) is 6.79. The SMILES string of the molecule is c1ccc(-c2ccccc2-c2ccc(N(c3ccc(-c4ccc5c(c4)sc4ccccc45)cc3)c3ccc(-c4ccc5c6ccc7ccccc7c6n(-c6ccccc6)c5c4)cc3)cc2)cc1. The molecule has 0 fully saturated rings. The Morgan fingerprint density at radius 3 is 1.45 bits per heavy atom. The molecule has 0 unspecified atom stereocenters. The topological polar surface area (TPSA) is 8.17 Å². The Labute approximate surface area is 393 Å². The molecule has 314 valence electrons. The van der Waals surface area contributed by atoms with Crippen molar-refractivity contribution in [3.8, 4) is 50.2 Å². The Balaban J connectivity index is 0.899. The molecule has 0 saturated heterocycles. The summed E-state index contributed by atoms with van der Waals surface area (Å²) in [4.78, 5) is 2.37. The van der Waals surface area contributed by atoms with E-state index >= 15 is 0 Å². The van der Waals surface area contributed by atoms with Gasteiger partial charge in [-0.3, -0.25) is 0 Å². The molecule has 0 saturated carbocycles. The number of hydrogen-bond donors (Lipinski definition) is 0. The molecule has 0 atom stereocenters. The molecule has 0 aliphatic rings. The number of nitrogens with zero attached hydrogens (tertiary/aromatic N) is 2. The minimum Gasteiger partial charge on any atom is -0.311 e. The minimum absolute atomic E-state index is 1.09. The maximum atomic E-state index is 2.44. The van der Waals surface area contributed by atoms with Gasteiger partial charge in [-0.15, -0.1) is 11.3 Å². The van der Waals surface area contributed by atoms with Crippen LogP contribution < -0.4 is 4.90 Å². The standard InChI is InChI=1S/C64H42N2S/c1-3-13-45(14-4-1)54-18-9-10-19-55(54)47-27-36-53(37-28-47)65(52-34-25-44(26-35-52)49-31-39-59-58-21-11-12-22-62(58)67-63(59)42-49)51-32-23-43(24-33-51)48-30-38-57-60-40-29-46-15-7-8-20-56(46)64(60)66(61(57)41-48)50-16-5-2-6-17-50/h1-42H. The van der Waals surface area contributed by atoms with Gasteiger partial charge < -0.3 is 9.47 Å². The first-order chi connectivity index (χ1) is 33.2. The summed E-state index contributed by atoms with van der Waals surface area (Å²) in [6.45, 7) is 0. The number of anilines is 3. The quantitative estimate of drug-likeness (QED) is 0.148. The average molecular weight is 871 g/mol. The second kappa shape index (κ2) is 16.2. The van der Waals surface area contributed by atoms with Crippen molar-refractivity contribution < 1.29 is 0 Å². The Bertz CT molecular complexity index is 3940. The summed E-state index contributed by atoms with van der Waals surface area (Å²) in [7, 11) is 0. The molecule has 11 aromatic carbocycles. The lowest BCUT2D eigenvalue weighted by Gasteiger charge is -2.26. The fraction of sp³-hybridized carbons (Fsp3) is 0. The molecular formula is C64H42N2S. The van der Waals surface area contributed by atoms with E-state index in [4.69, 9.17) is 0 Å². The first-order valence-electron chi connectivity index (χ1n) is 22.9. The van der Waals surface area contributed by atoms with Crippen LogP contribution in [-0.2, 0) is 0 Å². The Morgan fingerprint density at radius 1 is 0.299 bits per heavy atom. The summed E-state index contributed by atoms with van der Waals surface area (Å²) in [5, 5.41) is 7.65. The van der Waals surface area contributed by atoms with E-state index in [0.717, 1.165) is 22.7 Å². The summed E-state index contributed by atoms with van der Waals surface area (Å²) in [6.07, 6.45) is 0. The summed E-state index contributed by atoms with van der Waals surface area (Å²) >= 11 is 1.86. The molecule has 0 N–H and O–H groups in total. The van der Waals surface area contributed by atoms with Gasteiger partial charge in [-0.05, 0) is 117 Å². The van der Waals surface area contributed by atoms with Crippen molar-refractivity contribution in [3.63, 3.8) is 0 Å². The first-order valence-corrected chi connectivity index (χ1v) is 23.7. The zero-order chi connectivity index (χ0) is 44.3. The first kappa shape index (κ1) is 38.9. The zero-order valence-corrected chi connectivity index (χ0v) is 37.4. The van der Waals surface area contributed by atoms with Gasteiger partial charge in [0.25, 0.3) is 0 Å². The average Bonchev–Trinajstić information content (AvgIpc) is 3.95. The van der Waals surface area contributed by atoms with Gasteiger partial charge in [-0.2, -0.15) is 0 Å². The van der Waals surface area contributed by atoms with Crippen molar-refractivity contribution in [2.45, 2.75) is 0 Å². The molecule has 2 nitrogen and oxygen atoms in total. The molecule has 0 amide bonds. The Morgan fingerprint density at radius 2 is 0.776 bits per heavy atom. The van der Waals surface area contributed by atoms with Crippen molar-refractivity contribution in [2.24, 2.45) is 0 Å². The number of para-hydroxylation sites is 1. The maximum Gasteiger partial charge on any atom is 0.0619 e. The van der Waals surface area contributed by atoms with E-state index in [0.29, 0.717) is 0 Å². The molecule has 13 rings (SSSR count). The molecule has 2 heterocycles. The largest absolute Gasteiger partial charge is 0.311 e. The van der Waals surface area contributed by atoms with Crippen LogP contribution in [0.5, 0.6) is 0 Å². The number of thiophene rings is 1. The van der Waals surface area contributed by atoms with Gasteiger partial charge in [0.15, 0.2) is 0 Å². The van der Waals surface area contributed by atoms with Crippen molar-refractivity contribution in [1.29, 1.82) is 0 Å². The fourth-order valence-corrected chi connectivity index (χ4v) is 11.3. The smallest absolute Gasteiger partial charge is 0.0619 e. The van der Waals surface area contributed by atoms with Gasteiger partial charge in [0.1, 0.15) is 0 Å². The number of rotatable bonds is 8. The van der Waals surface area contributed by atoms with Gasteiger partial charge in [0.2, 0.25) is 0 Å². The highest BCUT2D eigenvalue weighted by molar-refractivity contribution is 7.25. The van der Waals surface area contributed by atoms with Crippen LogP contribution in [0, 0.1) is 0 Å². The van der Waals surface area contributed by atoms with E-state index in [9.17, 15) is 0 Å². The molecule has 0 aliphatic heterocycles. The number of hydrogen-bond acceptors (Lipinski definition) is 2. The predicted molar refractivity (Wildman–Crippen MR) is 288 cm³/mol. The highest BCUT2D eigenvalue weighted by Crippen LogP contribution is 2.42. The highest BCUT2D eigenvalue weighted by Gasteiger charge is 2.18. The third-order valence-electron chi connectivity index (χ3n) is 13.4. The summed E-state index contributed by atoms with van der Waals surface area (Å²) in [5.74, 6) is 0. The molecule has 3 heteroatoms. The third-order valence-corrected chi connectivity index (χ3v) is 14.5. The highest BCUT2D eigenvalue weighted by atomic mass is 32.1. The van der Waals surface area contributed by atoms with E-state index in [-0.39, 0.29) is 0 Å². The van der Waals surface area contributed by atoms with Crippen LogP contribution in [0.4, 0.5) is 17.1 Å². The number of fused-ring (bicyclic) bond motifs is 8. The minimum atomic E-state index is 1.09. The zero-order valence-electron chi connectivity index (χ0n) is 36.6. The van der Waals surface area contributed by atoms with Crippen molar-refractivity contribution >= 4 is 81.1 Å². The van der Waals surface area contributed by atoms with Gasteiger partial charge in [-0.1, -0.05) is 188 Å². The molecule has 0 aliphatic carbocycles. The second-order valence-corrected chi connectivity index (χ2v) is 18.4. The molecule has 0 radical (unpaired) electrons. The predicted octanol–water partition coefficient (Wildman–Crippen LogP) is 18.4. The van der Waals surface area contributed by atoms with Crippen LogP contribution >= 0.6 is 11.3 Å². The van der Waals surface area contributed by atoms with Crippen molar-refractivity contribution in [2.75, 3.05) is 4.90 Å². The summed E-state index contributed by atoms with van der Waals surface area (Å²) in [5.41, 5.74) is 16.5. The Hall–Kier alpha value is -8.50. The summed E-state index contributed by atoms with van der Waals surface area (Å²) in [6, 6.07) is 93.1. The lowest BCUT2D eigenvalue weighted by atomic mass is 9.94. The fourth-order valence-electron chi connectivity index (χ4n) is 10.2. The number of benzene rings is 11. The molecule has 2 aromatic heterocycles. The maximum absolute atomic E-state index is 2.44. The van der Waals surface area contributed by atoms with E-state index in [1.165, 1.54) is 97.3 Å². The van der Waals surface area contributed by atoms with Crippen LogP contribution in [-0.4, -0.2) is 4.57 Å². The van der Waals surface area contributed by atoms with Gasteiger partial charge in [0, 0.05) is 59.1 Å². The molecule has 13 aromatic rings. The van der Waals surface area contributed by atoms with Gasteiger partial charge in [-0.25, -0.2) is 0 Å². The molecule has 0 spiro atoms. The molecular weight excluding hydrogens is 829 g/mol. The van der Waals surface area contributed by atoms with Crippen molar-refractivity contribution in [1.82, 2.24) is 4.57 Å². The van der Waals surface area contributed by atoms with Gasteiger partial charge >= 0.3 is 0 Å². The van der Waals surface area contributed by atoms with E-state index in [1.54, 1.807) is 0 Å². The number of aromatic nitrogens is 1. The van der Waals surface area contributed by atoms with E-state index in [1.807, 2.05) is 11.3 Å². The van der Waals surface area contributed by atoms with E-state index in [2.05, 4.69) is 264 Å². The second-order valence-electron chi connectivity index (χ2n) is 17.3. The normalized spacial score (nSPS) is 11.6. The molecule has 0 bridgehead atoms. The van der Waals surface area contributed by atoms with Crippen LogP contribution in [0.3, 0.4) is 0 Å². The monoisotopic (exact) mass is 870 g/mol. The van der Waals surface area contributed by atoms with Crippen LogP contribution in [0.2, 0.25) is 0 Å². The van der Waals surface area contributed by atoms with Crippen LogP contribution in [0.1, 0.15) is 0 Å². The van der Waals surface area contributed by atoms with E-state index < -0.39 is 0 Å². The van der Waals surface area contributed by atoms with Crippen LogP contribution in [0.15, 0.2) is 255 Å². The van der Waals surface area contributed by atoms with Crippen molar-refractivity contribution in [3.05, 3.63) is 255 Å². The Kier molecular flexibility index (Phi) is 9.40. The summed E-state index contributed by atoms with van der Waals surface area (Å²) < 4.78 is 5.08. The van der Waals surface area contributed by atoms with Crippen LogP contribution in [0.25, 0.3) is 103 Å².